The third-order valence-electron chi connectivity index (χ3n) is 7.71. The molecule has 0 aliphatic carbocycles. The molecule has 1 aliphatic rings. The molecule has 218 valence electrons. The largest absolute Gasteiger partial charge is 0.493 e. The average Bonchev–Trinajstić information content (AvgIpc) is 3.41. The summed E-state index contributed by atoms with van der Waals surface area (Å²) in [6.07, 6.45) is 2.87. The van der Waals surface area contributed by atoms with Crippen molar-refractivity contribution in [1.82, 2.24) is 5.32 Å². The lowest BCUT2D eigenvalue weighted by Gasteiger charge is -2.30. The fraction of sp³-hybridized carbons (Fsp3) is 0.767. The highest BCUT2D eigenvalue weighted by atomic mass is 16.5. The first kappa shape index (κ1) is 32.3. The van der Waals surface area contributed by atoms with E-state index in [-0.39, 0.29) is 23.7 Å². The summed E-state index contributed by atoms with van der Waals surface area (Å²) in [5.74, 6) is 2.27. The Morgan fingerprint density at radius 1 is 1.13 bits per heavy atom. The molecule has 0 aromatic heterocycles. The van der Waals surface area contributed by atoms with Crippen LogP contribution in [-0.2, 0) is 20.7 Å². The van der Waals surface area contributed by atoms with E-state index in [1.165, 1.54) is 0 Å². The zero-order valence-electron chi connectivity index (χ0n) is 24.4. The standard InChI is InChI=1S/C30H52N2O6/c1-20(2)24(14-22-8-9-28(36-6)29(15-22)38-12-7-11-35-5)16-26(31)27(33)17-25(21(3)4)30(34)32-18-23-10-13-37-19-23/h8-9,15,20-21,23-27,33H,7,10-14,16-19,31H2,1-6H3,(H,32,34)/t23-,24?,25?,26?,27?/m0/s1. The van der Waals surface area contributed by atoms with Gasteiger partial charge in [0.25, 0.3) is 0 Å². The van der Waals surface area contributed by atoms with Crippen molar-refractivity contribution in [3.8, 4) is 11.5 Å². The summed E-state index contributed by atoms with van der Waals surface area (Å²) < 4.78 is 22.0. The number of nitrogens with two attached hydrogens (primary N) is 1. The van der Waals surface area contributed by atoms with Gasteiger partial charge < -0.3 is 35.1 Å². The summed E-state index contributed by atoms with van der Waals surface area (Å²) in [4.78, 5) is 12.9. The molecule has 8 heteroatoms. The van der Waals surface area contributed by atoms with Crippen molar-refractivity contribution in [2.24, 2.45) is 35.3 Å². The van der Waals surface area contributed by atoms with E-state index in [9.17, 15) is 9.90 Å². The minimum absolute atomic E-state index is 0.00480. The highest BCUT2D eigenvalue weighted by Crippen LogP contribution is 2.32. The molecule has 1 fully saturated rings. The van der Waals surface area contributed by atoms with Gasteiger partial charge in [-0.15, -0.1) is 0 Å². The Morgan fingerprint density at radius 2 is 1.89 bits per heavy atom. The molecule has 1 aromatic rings. The van der Waals surface area contributed by atoms with E-state index in [1.54, 1.807) is 14.2 Å². The summed E-state index contributed by atoms with van der Waals surface area (Å²) in [5.41, 5.74) is 7.69. The van der Waals surface area contributed by atoms with Crippen LogP contribution in [-0.4, -0.2) is 70.4 Å². The topological polar surface area (TPSA) is 112 Å². The molecule has 8 nitrogen and oxygen atoms in total. The Bertz CT molecular complexity index is 812. The first-order chi connectivity index (χ1) is 18.2. The maximum atomic E-state index is 12.9. The summed E-state index contributed by atoms with van der Waals surface area (Å²) >= 11 is 0. The van der Waals surface area contributed by atoms with Crippen LogP contribution in [0.1, 0.15) is 58.9 Å². The zero-order valence-corrected chi connectivity index (χ0v) is 24.4. The predicted molar refractivity (Wildman–Crippen MR) is 150 cm³/mol. The highest BCUT2D eigenvalue weighted by Gasteiger charge is 2.30. The number of carbonyl (C=O) groups is 1. The van der Waals surface area contributed by atoms with Crippen LogP contribution in [0.3, 0.4) is 0 Å². The molecule has 4 N–H and O–H groups in total. The zero-order chi connectivity index (χ0) is 28.1. The Balaban J connectivity index is 1.97. The van der Waals surface area contributed by atoms with Crippen LogP contribution in [0.25, 0.3) is 0 Å². The van der Waals surface area contributed by atoms with Crippen LogP contribution >= 0.6 is 0 Å². The van der Waals surface area contributed by atoms with Gasteiger partial charge in [0.2, 0.25) is 5.91 Å². The quantitative estimate of drug-likeness (QED) is 0.245. The van der Waals surface area contributed by atoms with Crippen molar-refractivity contribution in [1.29, 1.82) is 0 Å². The number of ether oxygens (including phenoxy) is 4. The lowest BCUT2D eigenvalue weighted by atomic mass is 9.80. The second kappa shape index (κ2) is 17.0. The monoisotopic (exact) mass is 536 g/mol. The molecular formula is C30H52N2O6. The number of benzene rings is 1. The molecule has 38 heavy (non-hydrogen) atoms. The van der Waals surface area contributed by atoms with E-state index in [1.807, 2.05) is 26.0 Å². The molecule has 1 saturated heterocycles. The van der Waals surface area contributed by atoms with Crippen LogP contribution in [0, 0.1) is 29.6 Å². The molecule has 1 amide bonds. The van der Waals surface area contributed by atoms with Gasteiger partial charge in [-0.05, 0) is 61.1 Å². The molecule has 0 saturated carbocycles. The van der Waals surface area contributed by atoms with Crippen molar-refractivity contribution in [3.63, 3.8) is 0 Å². The highest BCUT2D eigenvalue weighted by molar-refractivity contribution is 5.78. The number of amides is 1. The summed E-state index contributed by atoms with van der Waals surface area (Å²) in [6, 6.07) is 5.63. The molecular weight excluding hydrogens is 484 g/mol. The Morgan fingerprint density at radius 3 is 2.50 bits per heavy atom. The van der Waals surface area contributed by atoms with Crippen LogP contribution in [0.5, 0.6) is 11.5 Å². The Labute approximate surface area is 229 Å². The molecule has 0 radical (unpaired) electrons. The van der Waals surface area contributed by atoms with E-state index < -0.39 is 12.1 Å². The summed E-state index contributed by atoms with van der Waals surface area (Å²) in [7, 11) is 3.32. The van der Waals surface area contributed by atoms with Gasteiger partial charge in [0.15, 0.2) is 11.5 Å². The number of methoxy groups -OCH3 is 2. The van der Waals surface area contributed by atoms with E-state index in [2.05, 4.69) is 25.2 Å². The van der Waals surface area contributed by atoms with Gasteiger partial charge >= 0.3 is 0 Å². The minimum atomic E-state index is -0.750. The number of hydrogen-bond acceptors (Lipinski definition) is 7. The van der Waals surface area contributed by atoms with Crippen LogP contribution < -0.4 is 20.5 Å². The Kier molecular flexibility index (Phi) is 14.4. The molecule has 0 spiro atoms. The SMILES string of the molecule is COCCCOc1cc(CC(CC(N)C(O)CC(C(=O)NC[C@@H]2CCOC2)C(C)C)C(C)C)ccc1OC. The maximum absolute atomic E-state index is 12.9. The first-order valence-electron chi connectivity index (χ1n) is 14.2. The van der Waals surface area contributed by atoms with E-state index >= 15 is 0 Å². The predicted octanol–water partition coefficient (Wildman–Crippen LogP) is 3.82. The average molecular weight is 537 g/mol. The summed E-state index contributed by atoms with van der Waals surface area (Å²) in [5, 5.41) is 14.1. The second-order valence-electron chi connectivity index (χ2n) is 11.4. The lowest BCUT2D eigenvalue weighted by molar-refractivity contribution is -0.127. The van der Waals surface area contributed by atoms with Crippen LogP contribution in [0.4, 0.5) is 0 Å². The molecule has 5 atom stereocenters. The fourth-order valence-electron chi connectivity index (χ4n) is 4.98. The van der Waals surface area contributed by atoms with E-state index in [0.717, 1.165) is 37.2 Å². The molecule has 1 heterocycles. The number of aliphatic hydroxyl groups is 1. The molecule has 0 bridgehead atoms. The van der Waals surface area contributed by atoms with Crippen LogP contribution in [0.2, 0.25) is 0 Å². The Hall–Kier alpha value is -1.87. The fourth-order valence-corrected chi connectivity index (χ4v) is 4.98. The van der Waals surface area contributed by atoms with Crippen molar-refractivity contribution in [2.45, 2.75) is 71.9 Å². The van der Waals surface area contributed by atoms with Crippen LogP contribution in [0.15, 0.2) is 18.2 Å². The second-order valence-corrected chi connectivity index (χ2v) is 11.4. The molecule has 1 aliphatic heterocycles. The maximum Gasteiger partial charge on any atom is 0.223 e. The van der Waals surface area contributed by atoms with Gasteiger partial charge in [-0.2, -0.15) is 0 Å². The molecule has 4 unspecified atom stereocenters. The van der Waals surface area contributed by atoms with Gasteiger partial charge in [-0.1, -0.05) is 33.8 Å². The smallest absolute Gasteiger partial charge is 0.223 e. The number of aliphatic hydroxyl groups excluding tert-OH is 1. The molecule has 1 aromatic carbocycles. The van der Waals surface area contributed by atoms with Gasteiger partial charge in [-0.3, -0.25) is 4.79 Å². The van der Waals surface area contributed by atoms with E-state index in [0.29, 0.717) is 56.8 Å². The van der Waals surface area contributed by atoms with Gasteiger partial charge in [-0.25, -0.2) is 0 Å². The van der Waals surface area contributed by atoms with Gasteiger partial charge in [0, 0.05) is 51.2 Å². The van der Waals surface area contributed by atoms with Gasteiger partial charge in [0.1, 0.15) is 0 Å². The number of hydrogen-bond donors (Lipinski definition) is 3. The molecule has 2 rings (SSSR count). The van der Waals surface area contributed by atoms with Crippen molar-refractivity contribution >= 4 is 5.91 Å². The summed E-state index contributed by atoms with van der Waals surface area (Å²) in [6.45, 7) is 11.7. The number of rotatable bonds is 18. The lowest BCUT2D eigenvalue weighted by Crippen LogP contribution is -2.43. The first-order valence-corrected chi connectivity index (χ1v) is 14.2. The van der Waals surface area contributed by atoms with Crippen molar-refractivity contribution in [2.75, 3.05) is 47.2 Å². The number of carbonyl (C=O) groups excluding carboxylic acids is 1. The van der Waals surface area contributed by atoms with Crippen molar-refractivity contribution < 1.29 is 28.8 Å². The minimum Gasteiger partial charge on any atom is -0.493 e. The third-order valence-corrected chi connectivity index (χ3v) is 7.71. The number of nitrogens with one attached hydrogen (secondary N) is 1. The van der Waals surface area contributed by atoms with Crippen molar-refractivity contribution in [3.05, 3.63) is 23.8 Å². The normalized spacial score (nSPS) is 18.8. The van der Waals surface area contributed by atoms with Gasteiger partial charge in [0.05, 0.1) is 26.4 Å². The third kappa shape index (κ3) is 10.7. The van der Waals surface area contributed by atoms with E-state index in [4.69, 9.17) is 24.7 Å².